The number of guanidine groups is 1. The largest absolute Gasteiger partial charge is 0.491 e. The van der Waals surface area contributed by atoms with E-state index in [1.54, 1.807) is 56.3 Å². The molecule has 43 heavy (non-hydrogen) atoms. The van der Waals surface area contributed by atoms with Gasteiger partial charge >= 0.3 is 18.1 Å². The van der Waals surface area contributed by atoms with Gasteiger partial charge < -0.3 is 26.0 Å². The van der Waals surface area contributed by atoms with Crippen LogP contribution in [0.5, 0.6) is 0 Å². The van der Waals surface area contributed by atoms with Crippen molar-refractivity contribution in [2.45, 2.75) is 64.3 Å². The second-order valence-corrected chi connectivity index (χ2v) is 10.1. The molecular weight excluding hydrogens is 567 g/mol. The Morgan fingerprint density at radius 2 is 1.74 bits per heavy atom. The predicted molar refractivity (Wildman–Crippen MR) is 152 cm³/mol. The molecule has 0 aliphatic carbocycles. The normalized spacial score (nSPS) is 15.7. The first-order chi connectivity index (χ1) is 20.2. The molecule has 4 N–H and O–H groups in total. The zero-order valence-electron chi connectivity index (χ0n) is 23.9. The number of aliphatic imine (C=N–C) groups is 1. The number of nitrogens with zero attached hydrogens (tertiary/aromatic N) is 3. The van der Waals surface area contributed by atoms with Crippen molar-refractivity contribution in [1.82, 2.24) is 4.90 Å². The highest BCUT2D eigenvalue weighted by atomic mass is 19.4. The van der Waals surface area contributed by atoms with Crippen LogP contribution in [-0.2, 0) is 19.1 Å². The molecule has 228 valence electrons. The van der Waals surface area contributed by atoms with Crippen LogP contribution in [0, 0.1) is 11.8 Å². The minimum Gasteiger partial charge on any atom is -0.386 e. The number of amides is 2. The molecule has 1 aliphatic rings. The number of carbonyl (C=O) groups is 4. The van der Waals surface area contributed by atoms with Crippen molar-refractivity contribution < 1.29 is 37.1 Å². The van der Waals surface area contributed by atoms with Crippen molar-refractivity contribution in [3.8, 4) is 11.8 Å². The monoisotopic (exact) mass is 599 g/mol. The maximum atomic E-state index is 14.2. The first kappa shape index (κ1) is 32.7. The Morgan fingerprint density at radius 1 is 1.07 bits per heavy atom. The van der Waals surface area contributed by atoms with E-state index in [-0.39, 0.29) is 11.5 Å². The highest BCUT2D eigenvalue weighted by Gasteiger charge is 2.45. The van der Waals surface area contributed by atoms with Crippen LogP contribution in [0.3, 0.4) is 0 Å². The molecule has 1 aliphatic heterocycles. The van der Waals surface area contributed by atoms with Gasteiger partial charge in [0.25, 0.3) is 11.8 Å². The van der Waals surface area contributed by atoms with E-state index in [1.807, 2.05) is 0 Å². The zero-order valence-corrected chi connectivity index (χ0v) is 23.9. The number of carbonyl (C=O) groups excluding carboxylic acids is 4. The zero-order chi connectivity index (χ0) is 31.9. The van der Waals surface area contributed by atoms with Crippen LogP contribution < -0.4 is 16.4 Å². The Balaban J connectivity index is 2.06. The van der Waals surface area contributed by atoms with Crippen LogP contribution in [-0.4, -0.2) is 59.4 Å². The van der Waals surface area contributed by atoms with E-state index in [4.69, 9.17) is 11.5 Å². The molecule has 2 unspecified atom stereocenters. The molecule has 2 amide bonds. The first-order valence-corrected chi connectivity index (χ1v) is 13.4. The third-order valence-corrected chi connectivity index (χ3v) is 6.46. The molecule has 0 radical (unpaired) electrons. The van der Waals surface area contributed by atoms with E-state index in [0.29, 0.717) is 36.2 Å². The fraction of sp³-hybridized carbons (Fsp3) is 0.367. The number of rotatable bonds is 8. The van der Waals surface area contributed by atoms with Gasteiger partial charge in [0.2, 0.25) is 0 Å². The lowest BCUT2D eigenvalue weighted by atomic mass is 10.0. The molecule has 0 aromatic heterocycles. The van der Waals surface area contributed by atoms with Gasteiger partial charge in [0.05, 0.1) is 17.7 Å². The smallest absolute Gasteiger partial charge is 0.386 e. The lowest BCUT2D eigenvalue weighted by molar-refractivity contribution is -0.202. The SMILES string of the molecule is CC(C)N1C(=O)C(c2ccccc2)N(C(C)CC(=O)OC(=O)C(F)(F)F)C(=O)c2cc(C#CCCCN=C(N)N)ccc21. The average molecular weight is 600 g/mol. The van der Waals surface area contributed by atoms with Gasteiger partial charge in [-0.3, -0.25) is 19.4 Å². The molecule has 10 nitrogen and oxygen atoms in total. The number of hydrogen-bond donors (Lipinski definition) is 2. The number of esters is 2. The molecule has 13 heteroatoms. The van der Waals surface area contributed by atoms with Crippen LogP contribution in [0.25, 0.3) is 0 Å². The highest BCUT2D eigenvalue weighted by Crippen LogP contribution is 2.38. The predicted octanol–water partition coefficient (Wildman–Crippen LogP) is 3.44. The van der Waals surface area contributed by atoms with Crippen LogP contribution in [0.4, 0.5) is 18.9 Å². The molecule has 0 fully saturated rings. The van der Waals surface area contributed by atoms with Crippen molar-refractivity contribution in [1.29, 1.82) is 0 Å². The van der Waals surface area contributed by atoms with Crippen LogP contribution in [0.1, 0.15) is 67.6 Å². The van der Waals surface area contributed by atoms with Gasteiger partial charge in [0, 0.05) is 30.6 Å². The van der Waals surface area contributed by atoms with Crippen molar-refractivity contribution in [3.63, 3.8) is 0 Å². The summed E-state index contributed by atoms with van der Waals surface area (Å²) in [6, 6.07) is 10.4. The summed E-state index contributed by atoms with van der Waals surface area (Å²) in [6.07, 6.45) is -5.09. The standard InChI is InChI=1S/C30H32F3N5O5/c1-18(2)37-23-14-13-20(10-6-5-9-15-36-29(34)35)17-22(23)26(40)38(25(27(37)41)21-11-7-4-8-12-21)19(3)16-24(39)43-28(42)30(31,32)33/h4,7-8,11-14,17-19,25H,5,9,15-16H2,1-3H3,(H4,34,35,36). The van der Waals surface area contributed by atoms with Gasteiger partial charge in [-0.15, -0.1) is 0 Å². The minimum atomic E-state index is -5.38. The van der Waals surface area contributed by atoms with Gasteiger partial charge in [0.1, 0.15) is 6.04 Å². The quantitative estimate of drug-likeness (QED) is 0.118. The Kier molecular flexibility index (Phi) is 10.5. The molecule has 3 rings (SSSR count). The van der Waals surface area contributed by atoms with Gasteiger partial charge in [-0.25, -0.2) is 4.79 Å². The van der Waals surface area contributed by atoms with Gasteiger partial charge in [-0.1, -0.05) is 42.2 Å². The highest BCUT2D eigenvalue weighted by molar-refractivity contribution is 6.12. The van der Waals surface area contributed by atoms with Crippen LogP contribution >= 0.6 is 0 Å². The van der Waals surface area contributed by atoms with Crippen LogP contribution in [0.15, 0.2) is 53.5 Å². The molecule has 0 saturated carbocycles. The van der Waals surface area contributed by atoms with E-state index >= 15 is 0 Å². The third kappa shape index (κ3) is 8.12. The van der Waals surface area contributed by atoms with Crippen molar-refractivity contribution >= 4 is 35.4 Å². The Bertz CT molecular complexity index is 1460. The van der Waals surface area contributed by atoms with E-state index in [1.165, 1.54) is 17.9 Å². The molecular formula is C30H32F3N5O5. The first-order valence-electron chi connectivity index (χ1n) is 13.4. The van der Waals surface area contributed by atoms with E-state index in [0.717, 1.165) is 4.90 Å². The summed E-state index contributed by atoms with van der Waals surface area (Å²) in [5, 5.41) is 0. The number of benzene rings is 2. The molecule has 2 aromatic carbocycles. The second-order valence-electron chi connectivity index (χ2n) is 10.1. The van der Waals surface area contributed by atoms with Crippen molar-refractivity contribution in [2.75, 3.05) is 11.4 Å². The summed E-state index contributed by atoms with van der Waals surface area (Å²) in [5.74, 6) is 0.650. The Morgan fingerprint density at radius 3 is 2.35 bits per heavy atom. The van der Waals surface area contributed by atoms with Crippen molar-refractivity contribution in [3.05, 3.63) is 65.2 Å². The summed E-state index contributed by atoms with van der Waals surface area (Å²) in [4.78, 5) is 58.5. The third-order valence-electron chi connectivity index (χ3n) is 6.46. The summed E-state index contributed by atoms with van der Waals surface area (Å²) < 4.78 is 42.0. The van der Waals surface area contributed by atoms with E-state index < -0.39 is 54.5 Å². The number of fused-ring (bicyclic) bond motifs is 1. The number of unbranched alkanes of at least 4 members (excludes halogenated alkanes) is 1. The average Bonchev–Trinajstić information content (AvgIpc) is 3.02. The topological polar surface area (TPSA) is 148 Å². The number of alkyl halides is 3. The molecule has 0 bridgehead atoms. The fourth-order valence-corrected chi connectivity index (χ4v) is 4.63. The van der Waals surface area contributed by atoms with E-state index in [2.05, 4.69) is 21.6 Å². The number of ether oxygens (including phenoxy) is 1. The summed E-state index contributed by atoms with van der Waals surface area (Å²) >= 11 is 0. The molecule has 1 heterocycles. The number of anilines is 1. The van der Waals surface area contributed by atoms with Crippen LogP contribution in [0.2, 0.25) is 0 Å². The fourth-order valence-electron chi connectivity index (χ4n) is 4.63. The molecule has 0 spiro atoms. The molecule has 0 saturated heterocycles. The summed E-state index contributed by atoms with van der Waals surface area (Å²) in [6.45, 7) is 5.34. The molecule has 2 aromatic rings. The maximum absolute atomic E-state index is 14.2. The lowest BCUT2D eigenvalue weighted by Crippen LogP contribution is -2.48. The van der Waals surface area contributed by atoms with E-state index in [9.17, 15) is 32.3 Å². The van der Waals surface area contributed by atoms with Gasteiger partial charge in [0.15, 0.2) is 5.96 Å². The van der Waals surface area contributed by atoms with Gasteiger partial charge in [-0.2, -0.15) is 13.2 Å². The summed E-state index contributed by atoms with van der Waals surface area (Å²) in [5.41, 5.74) is 12.0. The van der Waals surface area contributed by atoms with Crippen molar-refractivity contribution in [2.24, 2.45) is 16.5 Å². The molecule has 2 atom stereocenters. The maximum Gasteiger partial charge on any atom is 0.491 e. The Hall–Kier alpha value is -4.86. The Labute approximate surface area is 246 Å². The number of nitrogens with two attached hydrogens (primary N) is 2. The number of halogens is 3. The second kappa shape index (κ2) is 13.9. The minimum absolute atomic E-state index is 0.0192. The van der Waals surface area contributed by atoms with Gasteiger partial charge in [-0.05, 0) is 51.0 Å². The number of hydrogen-bond acceptors (Lipinski definition) is 6. The lowest BCUT2D eigenvalue weighted by Gasteiger charge is -2.36. The summed E-state index contributed by atoms with van der Waals surface area (Å²) in [7, 11) is 0.